The number of nitrogens with zero attached hydrogens (tertiary/aromatic N) is 3. The molecule has 0 amide bonds. The van der Waals surface area contributed by atoms with Crippen molar-refractivity contribution in [2.24, 2.45) is 5.16 Å². The van der Waals surface area contributed by atoms with E-state index in [1.807, 2.05) is 25.1 Å². The van der Waals surface area contributed by atoms with Gasteiger partial charge < -0.3 is 14.9 Å². The summed E-state index contributed by atoms with van der Waals surface area (Å²) in [7, 11) is 0. The van der Waals surface area contributed by atoms with Gasteiger partial charge in [0.2, 0.25) is 0 Å². The molecule has 0 aliphatic carbocycles. The minimum atomic E-state index is -0.661. The van der Waals surface area contributed by atoms with Crippen molar-refractivity contribution >= 4 is 29.0 Å². The van der Waals surface area contributed by atoms with Gasteiger partial charge in [0.25, 0.3) is 0 Å². The molecule has 0 fully saturated rings. The summed E-state index contributed by atoms with van der Waals surface area (Å²) >= 11 is 12.3. The molecular formula is C22H19Cl2FN4O2. The third-order valence-corrected chi connectivity index (χ3v) is 5.45. The lowest BCUT2D eigenvalue weighted by Gasteiger charge is -2.25. The summed E-state index contributed by atoms with van der Waals surface area (Å²) in [4.78, 5) is 5.47. The zero-order valence-electron chi connectivity index (χ0n) is 16.8. The largest absolute Gasteiger partial charge is 0.452 e. The first-order valence-electron chi connectivity index (χ1n) is 9.58. The zero-order chi connectivity index (χ0) is 22.0. The molecule has 1 aliphatic rings. The normalized spacial score (nSPS) is 15.6. The summed E-state index contributed by atoms with van der Waals surface area (Å²) < 4.78 is 20.1. The maximum atomic E-state index is 14.4. The van der Waals surface area contributed by atoms with Crippen LogP contribution in [-0.2, 0) is 11.3 Å². The van der Waals surface area contributed by atoms with Crippen molar-refractivity contribution in [2.45, 2.75) is 26.3 Å². The van der Waals surface area contributed by atoms with E-state index in [0.717, 1.165) is 11.1 Å². The number of aromatic nitrogens is 2. The third-order valence-electron chi connectivity index (χ3n) is 4.81. The maximum Gasteiger partial charge on any atom is 0.184 e. The number of amidine groups is 1. The number of ether oxygens (including phenoxy) is 1. The molecule has 0 spiro atoms. The average molecular weight is 461 g/mol. The summed E-state index contributed by atoms with van der Waals surface area (Å²) in [6.07, 6.45) is 2.03. The number of nitrogens with one attached hydrogen (secondary N) is 1. The summed E-state index contributed by atoms with van der Waals surface area (Å²) in [5, 5.41) is 16.2. The van der Waals surface area contributed by atoms with Gasteiger partial charge in [0.05, 0.1) is 28.5 Å². The maximum absolute atomic E-state index is 14.4. The van der Waals surface area contributed by atoms with Crippen molar-refractivity contribution in [3.05, 3.63) is 80.8 Å². The molecule has 6 nitrogen and oxygen atoms in total. The van der Waals surface area contributed by atoms with Crippen molar-refractivity contribution < 1.29 is 14.0 Å². The molecular weight excluding hydrogens is 442 g/mol. The van der Waals surface area contributed by atoms with Crippen molar-refractivity contribution in [1.82, 2.24) is 15.5 Å². The Labute approximate surface area is 189 Å². The molecule has 0 radical (unpaired) electrons. The van der Waals surface area contributed by atoms with Crippen LogP contribution in [0, 0.1) is 19.7 Å². The minimum absolute atomic E-state index is 0.0264. The Morgan fingerprint density at radius 3 is 2.81 bits per heavy atom. The van der Waals surface area contributed by atoms with Gasteiger partial charge in [-0.2, -0.15) is 10.2 Å². The Hall–Kier alpha value is -2.90. The van der Waals surface area contributed by atoms with Crippen LogP contribution in [0.25, 0.3) is 0 Å². The molecule has 2 heterocycles. The van der Waals surface area contributed by atoms with Crippen LogP contribution in [0.2, 0.25) is 10.0 Å². The molecule has 0 unspecified atom stereocenters. The zero-order valence-corrected chi connectivity index (χ0v) is 18.3. The van der Waals surface area contributed by atoms with E-state index in [2.05, 4.69) is 20.7 Å². The Balaban J connectivity index is 1.60. The van der Waals surface area contributed by atoms with E-state index in [9.17, 15) is 4.39 Å². The van der Waals surface area contributed by atoms with E-state index >= 15 is 0 Å². The predicted molar refractivity (Wildman–Crippen MR) is 118 cm³/mol. The van der Waals surface area contributed by atoms with Crippen LogP contribution in [0.3, 0.4) is 0 Å². The van der Waals surface area contributed by atoms with Gasteiger partial charge in [-0.25, -0.2) is 4.39 Å². The molecule has 3 aromatic rings. The first-order chi connectivity index (χ1) is 14.9. The molecule has 1 N–H and O–H groups in total. The molecule has 4 rings (SSSR count). The van der Waals surface area contributed by atoms with Crippen LogP contribution in [-0.4, -0.2) is 28.7 Å². The quantitative estimate of drug-likeness (QED) is 0.564. The number of aryl methyl sites for hydroxylation is 2. The minimum Gasteiger partial charge on any atom is -0.452 e. The number of benzene rings is 2. The average Bonchev–Trinajstić information content (AvgIpc) is 2.74. The van der Waals surface area contributed by atoms with Gasteiger partial charge >= 0.3 is 0 Å². The van der Waals surface area contributed by atoms with Crippen molar-refractivity contribution in [3.63, 3.8) is 0 Å². The highest BCUT2D eigenvalue weighted by molar-refractivity contribution is 6.31. The number of oxime groups is 1. The molecule has 0 bridgehead atoms. The summed E-state index contributed by atoms with van der Waals surface area (Å²) in [5.74, 6) is 0.00887. The first kappa shape index (κ1) is 21.3. The standard InChI is InChI=1S/C22H19Cl2FN4O2/c1-12-6-7-14(17(24)8-12)9-15-11-30-29-22(27-15)20-13(2)28-26-10-19(20)31-18-5-3-4-16(23)21(18)25/h3-8,10,15H,9,11H2,1-2H3,(H,27,29)/t15-/m1/s1. The summed E-state index contributed by atoms with van der Waals surface area (Å²) in [6, 6.07) is 10.4. The first-order valence-corrected chi connectivity index (χ1v) is 10.3. The molecule has 2 aromatic carbocycles. The monoisotopic (exact) mass is 460 g/mol. The fourth-order valence-electron chi connectivity index (χ4n) is 3.27. The number of hydrogen-bond acceptors (Lipinski definition) is 6. The smallest absolute Gasteiger partial charge is 0.184 e. The van der Waals surface area contributed by atoms with Gasteiger partial charge in [0, 0.05) is 5.02 Å². The van der Waals surface area contributed by atoms with Crippen LogP contribution in [0.4, 0.5) is 4.39 Å². The van der Waals surface area contributed by atoms with Crippen LogP contribution in [0.5, 0.6) is 11.5 Å². The van der Waals surface area contributed by atoms with E-state index in [0.29, 0.717) is 35.1 Å². The van der Waals surface area contributed by atoms with E-state index in [-0.39, 0.29) is 22.6 Å². The Bertz CT molecular complexity index is 1160. The Morgan fingerprint density at radius 2 is 2.00 bits per heavy atom. The molecule has 0 saturated heterocycles. The van der Waals surface area contributed by atoms with Gasteiger partial charge in [-0.1, -0.05) is 46.6 Å². The second-order valence-electron chi connectivity index (χ2n) is 7.20. The van der Waals surface area contributed by atoms with Gasteiger partial charge in [-0.05, 0) is 49.6 Å². The Kier molecular flexibility index (Phi) is 6.25. The molecule has 1 atom stereocenters. The topological polar surface area (TPSA) is 68.6 Å². The second-order valence-corrected chi connectivity index (χ2v) is 8.01. The lowest BCUT2D eigenvalue weighted by molar-refractivity contribution is 0.109. The van der Waals surface area contributed by atoms with Crippen molar-refractivity contribution in [3.8, 4) is 11.5 Å². The molecule has 1 aliphatic heterocycles. The van der Waals surface area contributed by atoms with Gasteiger partial charge in [0.1, 0.15) is 6.61 Å². The van der Waals surface area contributed by atoms with Crippen LogP contribution >= 0.6 is 23.2 Å². The molecule has 9 heteroatoms. The molecule has 1 aromatic heterocycles. The van der Waals surface area contributed by atoms with E-state index in [1.165, 1.54) is 18.3 Å². The lowest BCUT2D eigenvalue weighted by atomic mass is 10.0. The van der Waals surface area contributed by atoms with Crippen LogP contribution < -0.4 is 10.1 Å². The highest BCUT2D eigenvalue weighted by Crippen LogP contribution is 2.31. The van der Waals surface area contributed by atoms with E-state index < -0.39 is 5.82 Å². The highest BCUT2D eigenvalue weighted by atomic mass is 35.5. The van der Waals surface area contributed by atoms with E-state index in [1.54, 1.807) is 13.0 Å². The highest BCUT2D eigenvalue weighted by Gasteiger charge is 2.25. The van der Waals surface area contributed by atoms with E-state index in [4.69, 9.17) is 32.8 Å². The lowest BCUT2D eigenvalue weighted by Crippen LogP contribution is -2.44. The fourth-order valence-corrected chi connectivity index (χ4v) is 3.75. The summed E-state index contributed by atoms with van der Waals surface area (Å²) in [5.41, 5.74) is 3.16. The molecule has 0 saturated carbocycles. The second kappa shape index (κ2) is 9.08. The van der Waals surface area contributed by atoms with Gasteiger partial charge in [-0.15, -0.1) is 0 Å². The SMILES string of the molecule is Cc1ccc(C[C@@H]2CON=C(c3c(Oc4cccc(Cl)c4F)cnnc3C)N2)c(Cl)c1. The Morgan fingerprint density at radius 1 is 1.16 bits per heavy atom. The van der Waals surface area contributed by atoms with Gasteiger partial charge in [0.15, 0.2) is 23.2 Å². The van der Waals surface area contributed by atoms with Crippen molar-refractivity contribution in [1.29, 1.82) is 0 Å². The molecule has 160 valence electrons. The number of rotatable bonds is 5. The fraction of sp³-hybridized carbons (Fsp3) is 0.227. The number of halogens is 3. The van der Waals surface area contributed by atoms with Crippen LogP contribution in [0.15, 0.2) is 47.8 Å². The third kappa shape index (κ3) is 4.73. The van der Waals surface area contributed by atoms with Crippen molar-refractivity contribution in [2.75, 3.05) is 6.61 Å². The predicted octanol–water partition coefficient (Wildman–Crippen LogP) is 5.22. The van der Waals surface area contributed by atoms with Crippen LogP contribution in [0.1, 0.15) is 22.4 Å². The summed E-state index contributed by atoms with van der Waals surface area (Å²) in [6.45, 7) is 4.12. The van der Waals surface area contributed by atoms with Gasteiger partial charge in [-0.3, -0.25) is 0 Å². The number of hydrogen-bond donors (Lipinski definition) is 1. The molecule has 31 heavy (non-hydrogen) atoms.